The van der Waals surface area contributed by atoms with Crippen molar-refractivity contribution in [1.82, 2.24) is 0 Å². The van der Waals surface area contributed by atoms with E-state index in [0.717, 1.165) is 25.7 Å². The molecule has 2 heteroatoms. The van der Waals surface area contributed by atoms with Gasteiger partial charge in [-0.2, -0.15) is 0 Å². The summed E-state index contributed by atoms with van der Waals surface area (Å²) in [6.07, 6.45) is 27.9. The SMILES string of the molecule is CCCCCCCCCCCCC(C)(CCCCC)C(=O)OCCCCCCCCC. The molecule has 1 unspecified atom stereocenters. The maximum absolute atomic E-state index is 12.9. The normalized spacial score (nSPS) is 13.3. The van der Waals surface area contributed by atoms with E-state index in [9.17, 15) is 4.79 Å². The second kappa shape index (κ2) is 22.7. The Balaban J connectivity index is 4.04. The Labute approximate surface area is 196 Å². The zero-order chi connectivity index (χ0) is 23.0. The average molecular weight is 439 g/mol. The van der Waals surface area contributed by atoms with Gasteiger partial charge in [0.1, 0.15) is 0 Å². The van der Waals surface area contributed by atoms with Crippen molar-refractivity contribution in [3.05, 3.63) is 0 Å². The molecule has 1 atom stereocenters. The molecule has 0 radical (unpaired) electrons. The van der Waals surface area contributed by atoms with E-state index in [1.807, 2.05) is 0 Å². The Kier molecular flexibility index (Phi) is 22.3. The highest BCUT2D eigenvalue weighted by Crippen LogP contribution is 2.33. The maximum atomic E-state index is 12.9. The van der Waals surface area contributed by atoms with Crippen LogP contribution in [0.3, 0.4) is 0 Å². The standard InChI is InChI=1S/C29H58O2/c1-5-8-11-13-15-16-17-18-20-23-26-29(4,25-22-10-7-3)28(30)31-27-24-21-19-14-12-9-6-2/h5-27H2,1-4H3. The van der Waals surface area contributed by atoms with Gasteiger partial charge in [0.15, 0.2) is 0 Å². The van der Waals surface area contributed by atoms with Gasteiger partial charge in [-0.05, 0) is 26.2 Å². The fourth-order valence-electron chi connectivity index (χ4n) is 4.50. The highest BCUT2D eigenvalue weighted by atomic mass is 16.5. The first kappa shape index (κ1) is 30.5. The Morgan fingerprint density at radius 3 is 1.29 bits per heavy atom. The lowest BCUT2D eigenvalue weighted by atomic mass is 9.79. The second-order valence-corrected chi connectivity index (χ2v) is 10.2. The lowest BCUT2D eigenvalue weighted by Gasteiger charge is -2.27. The summed E-state index contributed by atoms with van der Waals surface area (Å²) in [4.78, 5) is 12.9. The molecule has 0 bridgehead atoms. The summed E-state index contributed by atoms with van der Waals surface area (Å²) in [5, 5.41) is 0. The number of carbonyl (C=O) groups is 1. The lowest BCUT2D eigenvalue weighted by Crippen LogP contribution is -2.30. The van der Waals surface area contributed by atoms with Crippen LogP contribution in [0, 0.1) is 5.41 Å². The molecular formula is C29H58O2. The van der Waals surface area contributed by atoms with Gasteiger partial charge in [0.05, 0.1) is 12.0 Å². The number of ether oxygens (including phenoxy) is 1. The molecular weight excluding hydrogens is 380 g/mol. The minimum atomic E-state index is -0.267. The van der Waals surface area contributed by atoms with Crippen LogP contribution in [-0.4, -0.2) is 12.6 Å². The van der Waals surface area contributed by atoms with Gasteiger partial charge in [0, 0.05) is 0 Å². The lowest BCUT2D eigenvalue weighted by molar-refractivity contribution is -0.156. The second-order valence-electron chi connectivity index (χ2n) is 10.2. The van der Waals surface area contributed by atoms with Gasteiger partial charge in [0.25, 0.3) is 0 Å². The van der Waals surface area contributed by atoms with E-state index in [0.29, 0.717) is 6.61 Å². The molecule has 0 fully saturated rings. The fraction of sp³-hybridized carbons (Fsp3) is 0.966. The molecule has 0 aromatic heterocycles. The van der Waals surface area contributed by atoms with Crippen molar-refractivity contribution in [3.8, 4) is 0 Å². The third kappa shape index (κ3) is 18.7. The van der Waals surface area contributed by atoms with Gasteiger partial charge in [-0.3, -0.25) is 4.79 Å². The summed E-state index contributed by atoms with van der Waals surface area (Å²) in [7, 11) is 0. The molecule has 0 aromatic carbocycles. The molecule has 0 saturated heterocycles. The molecule has 0 aliphatic rings. The Bertz CT molecular complexity index is 379. The van der Waals surface area contributed by atoms with Crippen LogP contribution in [0.15, 0.2) is 0 Å². The predicted octanol–water partition coefficient (Wildman–Crippen LogP) is 10.2. The summed E-state index contributed by atoms with van der Waals surface area (Å²) >= 11 is 0. The third-order valence-corrected chi connectivity index (χ3v) is 6.89. The quantitative estimate of drug-likeness (QED) is 0.111. The van der Waals surface area contributed by atoms with Crippen molar-refractivity contribution in [2.24, 2.45) is 5.41 Å². The summed E-state index contributed by atoms with van der Waals surface area (Å²) in [5.41, 5.74) is -0.267. The molecule has 186 valence electrons. The summed E-state index contributed by atoms with van der Waals surface area (Å²) in [6, 6.07) is 0. The van der Waals surface area contributed by atoms with Crippen molar-refractivity contribution >= 4 is 5.97 Å². The summed E-state index contributed by atoms with van der Waals surface area (Å²) < 4.78 is 5.77. The van der Waals surface area contributed by atoms with E-state index >= 15 is 0 Å². The molecule has 0 N–H and O–H groups in total. The molecule has 0 aromatic rings. The Morgan fingerprint density at radius 1 is 0.516 bits per heavy atom. The van der Waals surface area contributed by atoms with E-state index in [1.165, 1.54) is 116 Å². The Morgan fingerprint density at radius 2 is 0.839 bits per heavy atom. The van der Waals surface area contributed by atoms with Crippen molar-refractivity contribution in [2.45, 2.75) is 169 Å². The monoisotopic (exact) mass is 438 g/mol. The minimum absolute atomic E-state index is 0.0745. The average Bonchev–Trinajstić information content (AvgIpc) is 2.77. The molecule has 0 aliphatic heterocycles. The fourth-order valence-corrected chi connectivity index (χ4v) is 4.50. The Hall–Kier alpha value is -0.530. The molecule has 0 aliphatic carbocycles. The van der Waals surface area contributed by atoms with Crippen LogP contribution in [0.4, 0.5) is 0 Å². The van der Waals surface area contributed by atoms with Crippen LogP contribution in [0.1, 0.15) is 169 Å². The van der Waals surface area contributed by atoms with E-state index in [4.69, 9.17) is 4.74 Å². The van der Waals surface area contributed by atoms with Crippen molar-refractivity contribution < 1.29 is 9.53 Å². The van der Waals surface area contributed by atoms with Crippen LogP contribution in [-0.2, 0) is 9.53 Å². The zero-order valence-corrected chi connectivity index (χ0v) is 22.1. The summed E-state index contributed by atoms with van der Waals surface area (Å²) in [5.74, 6) is 0.0745. The molecule has 0 saturated carbocycles. The number of unbranched alkanes of at least 4 members (excludes halogenated alkanes) is 17. The number of esters is 1. The number of rotatable bonds is 24. The van der Waals surface area contributed by atoms with E-state index in [2.05, 4.69) is 27.7 Å². The van der Waals surface area contributed by atoms with Gasteiger partial charge >= 0.3 is 5.97 Å². The van der Waals surface area contributed by atoms with Crippen molar-refractivity contribution in [1.29, 1.82) is 0 Å². The minimum Gasteiger partial charge on any atom is -0.465 e. The first-order valence-corrected chi connectivity index (χ1v) is 14.3. The number of hydrogen-bond donors (Lipinski definition) is 0. The first-order chi connectivity index (χ1) is 15.1. The van der Waals surface area contributed by atoms with Gasteiger partial charge in [0.2, 0.25) is 0 Å². The predicted molar refractivity (Wildman–Crippen MR) is 138 cm³/mol. The van der Waals surface area contributed by atoms with Crippen LogP contribution < -0.4 is 0 Å². The molecule has 2 nitrogen and oxygen atoms in total. The van der Waals surface area contributed by atoms with Crippen LogP contribution in [0.5, 0.6) is 0 Å². The van der Waals surface area contributed by atoms with E-state index in [1.54, 1.807) is 0 Å². The van der Waals surface area contributed by atoms with Gasteiger partial charge < -0.3 is 4.74 Å². The maximum Gasteiger partial charge on any atom is 0.311 e. The molecule has 0 spiro atoms. The van der Waals surface area contributed by atoms with Crippen LogP contribution >= 0.6 is 0 Å². The molecule has 0 amide bonds. The van der Waals surface area contributed by atoms with Gasteiger partial charge in [-0.15, -0.1) is 0 Å². The van der Waals surface area contributed by atoms with E-state index in [-0.39, 0.29) is 11.4 Å². The van der Waals surface area contributed by atoms with Crippen molar-refractivity contribution in [2.75, 3.05) is 6.61 Å². The number of hydrogen-bond acceptors (Lipinski definition) is 2. The largest absolute Gasteiger partial charge is 0.465 e. The third-order valence-electron chi connectivity index (χ3n) is 6.89. The topological polar surface area (TPSA) is 26.3 Å². The molecule has 0 heterocycles. The molecule has 31 heavy (non-hydrogen) atoms. The zero-order valence-electron chi connectivity index (χ0n) is 22.1. The van der Waals surface area contributed by atoms with Crippen LogP contribution in [0.25, 0.3) is 0 Å². The van der Waals surface area contributed by atoms with Gasteiger partial charge in [-0.1, -0.05) is 143 Å². The first-order valence-electron chi connectivity index (χ1n) is 14.3. The van der Waals surface area contributed by atoms with Crippen molar-refractivity contribution in [3.63, 3.8) is 0 Å². The highest BCUT2D eigenvalue weighted by Gasteiger charge is 2.33. The van der Waals surface area contributed by atoms with Gasteiger partial charge in [-0.25, -0.2) is 0 Å². The molecule has 0 rings (SSSR count). The number of carbonyl (C=O) groups excluding carboxylic acids is 1. The smallest absolute Gasteiger partial charge is 0.311 e. The summed E-state index contributed by atoms with van der Waals surface area (Å²) in [6.45, 7) is 9.56. The van der Waals surface area contributed by atoms with Crippen LogP contribution in [0.2, 0.25) is 0 Å². The highest BCUT2D eigenvalue weighted by molar-refractivity contribution is 5.76. The van der Waals surface area contributed by atoms with E-state index < -0.39 is 0 Å².